The average Bonchev–Trinajstić information content (AvgIpc) is 2.62. The van der Waals surface area contributed by atoms with E-state index in [1.54, 1.807) is 13.0 Å². The molecule has 2 rings (SSSR count). The average molecular weight is 316 g/mol. The van der Waals surface area contributed by atoms with Crippen molar-refractivity contribution in [3.8, 4) is 0 Å². The molecular formula is C12H20N4O4S. The Morgan fingerprint density at radius 3 is 2.76 bits per heavy atom. The molecule has 21 heavy (non-hydrogen) atoms. The van der Waals surface area contributed by atoms with E-state index in [9.17, 15) is 13.2 Å². The zero-order valence-corrected chi connectivity index (χ0v) is 13.0. The van der Waals surface area contributed by atoms with Gasteiger partial charge in [0.15, 0.2) is 5.82 Å². The predicted molar refractivity (Wildman–Crippen MR) is 77.3 cm³/mol. The van der Waals surface area contributed by atoms with E-state index < -0.39 is 10.0 Å². The number of rotatable bonds is 4. The summed E-state index contributed by atoms with van der Waals surface area (Å²) in [6, 6.07) is 1.64. The maximum absolute atomic E-state index is 11.9. The van der Waals surface area contributed by atoms with Crippen molar-refractivity contribution in [2.45, 2.75) is 13.3 Å². The zero-order chi connectivity index (χ0) is 15.5. The Labute approximate surface area is 124 Å². The van der Waals surface area contributed by atoms with Crippen molar-refractivity contribution in [3.05, 3.63) is 11.8 Å². The highest BCUT2D eigenvalue weighted by molar-refractivity contribution is 7.88. The molecule has 0 aromatic carbocycles. The molecule has 1 aromatic heterocycles. The fourth-order valence-corrected chi connectivity index (χ4v) is 3.12. The maximum atomic E-state index is 11.9. The quantitative estimate of drug-likeness (QED) is 0.832. The van der Waals surface area contributed by atoms with Crippen LogP contribution in [0.3, 0.4) is 0 Å². The normalized spacial score (nSPS) is 18.4. The van der Waals surface area contributed by atoms with Crippen LogP contribution in [0.5, 0.6) is 0 Å². The summed E-state index contributed by atoms with van der Waals surface area (Å²) in [6.45, 7) is 4.10. The molecule has 0 unspecified atom stereocenters. The lowest BCUT2D eigenvalue weighted by atomic mass is 10.4. The second-order valence-corrected chi connectivity index (χ2v) is 7.15. The lowest BCUT2D eigenvalue weighted by molar-refractivity contribution is -0.117. The summed E-state index contributed by atoms with van der Waals surface area (Å²) in [4.78, 5) is 13.9. The molecule has 1 fully saturated rings. The van der Waals surface area contributed by atoms with Gasteiger partial charge in [-0.05, 0) is 19.9 Å². The van der Waals surface area contributed by atoms with E-state index >= 15 is 0 Å². The highest BCUT2D eigenvalue weighted by Crippen LogP contribution is 2.09. The Balaban J connectivity index is 1.84. The molecule has 118 valence electrons. The van der Waals surface area contributed by atoms with Gasteiger partial charge in [0.1, 0.15) is 5.76 Å². The summed E-state index contributed by atoms with van der Waals surface area (Å²) in [7, 11) is -3.16. The predicted octanol–water partition coefficient (Wildman–Crippen LogP) is -0.111. The van der Waals surface area contributed by atoms with Crippen LogP contribution < -0.4 is 5.32 Å². The van der Waals surface area contributed by atoms with Gasteiger partial charge in [-0.1, -0.05) is 5.16 Å². The van der Waals surface area contributed by atoms with Crippen LogP contribution in [0.1, 0.15) is 12.2 Å². The van der Waals surface area contributed by atoms with Crippen molar-refractivity contribution in [3.63, 3.8) is 0 Å². The molecule has 1 aliphatic heterocycles. The largest absolute Gasteiger partial charge is 0.360 e. The number of aromatic nitrogens is 1. The van der Waals surface area contributed by atoms with Gasteiger partial charge in [0.2, 0.25) is 15.9 Å². The van der Waals surface area contributed by atoms with E-state index in [0.29, 0.717) is 44.2 Å². The number of amides is 1. The third-order valence-electron chi connectivity index (χ3n) is 3.28. The topological polar surface area (TPSA) is 95.8 Å². The molecule has 1 saturated heterocycles. The summed E-state index contributed by atoms with van der Waals surface area (Å²) >= 11 is 0. The molecular weight excluding hydrogens is 296 g/mol. The molecule has 8 nitrogen and oxygen atoms in total. The molecule has 0 aliphatic carbocycles. The van der Waals surface area contributed by atoms with Gasteiger partial charge in [0.05, 0.1) is 12.8 Å². The number of hydrogen-bond donors (Lipinski definition) is 1. The van der Waals surface area contributed by atoms with Crippen molar-refractivity contribution in [1.82, 2.24) is 14.4 Å². The van der Waals surface area contributed by atoms with Gasteiger partial charge < -0.3 is 9.84 Å². The number of sulfonamides is 1. The number of nitrogens with zero attached hydrogens (tertiary/aromatic N) is 3. The number of carbonyl (C=O) groups excluding carboxylic acids is 1. The van der Waals surface area contributed by atoms with Crippen LogP contribution in [0.2, 0.25) is 0 Å². The first kappa shape index (κ1) is 15.9. The van der Waals surface area contributed by atoms with E-state index in [-0.39, 0.29) is 12.5 Å². The second kappa shape index (κ2) is 6.54. The second-order valence-electron chi connectivity index (χ2n) is 5.16. The standard InChI is InChI=1S/C12H20N4O4S/c1-10-8-11(14-20-10)13-12(17)9-15-4-3-5-16(7-6-15)21(2,18)19/h8H,3-7,9H2,1-2H3,(H,13,14,17). The molecule has 1 aromatic rings. The molecule has 0 atom stereocenters. The number of anilines is 1. The number of carbonyl (C=O) groups is 1. The molecule has 0 radical (unpaired) electrons. The van der Waals surface area contributed by atoms with E-state index in [0.717, 1.165) is 0 Å². The maximum Gasteiger partial charge on any atom is 0.239 e. The number of hydrogen-bond acceptors (Lipinski definition) is 6. The Morgan fingerprint density at radius 2 is 2.14 bits per heavy atom. The highest BCUT2D eigenvalue weighted by atomic mass is 32.2. The Hall–Kier alpha value is -1.45. The van der Waals surface area contributed by atoms with Crippen molar-refractivity contribution in [2.75, 3.05) is 44.3 Å². The third kappa shape index (κ3) is 4.80. The first-order valence-electron chi connectivity index (χ1n) is 6.75. The van der Waals surface area contributed by atoms with E-state index in [4.69, 9.17) is 4.52 Å². The zero-order valence-electron chi connectivity index (χ0n) is 12.2. The van der Waals surface area contributed by atoms with Crippen LogP contribution in [0.15, 0.2) is 10.6 Å². The smallest absolute Gasteiger partial charge is 0.239 e. The van der Waals surface area contributed by atoms with Gasteiger partial charge >= 0.3 is 0 Å². The van der Waals surface area contributed by atoms with Gasteiger partial charge in [-0.15, -0.1) is 0 Å². The van der Waals surface area contributed by atoms with Crippen LogP contribution in [0.25, 0.3) is 0 Å². The van der Waals surface area contributed by atoms with Crippen LogP contribution in [-0.4, -0.2) is 67.7 Å². The molecule has 0 saturated carbocycles. The molecule has 1 amide bonds. The minimum absolute atomic E-state index is 0.184. The molecule has 0 bridgehead atoms. The third-order valence-corrected chi connectivity index (χ3v) is 4.58. The summed E-state index contributed by atoms with van der Waals surface area (Å²) in [5.74, 6) is 0.838. The molecule has 1 aliphatic rings. The van der Waals surface area contributed by atoms with E-state index in [1.165, 1.54) is 10.6 Å². The van der Waals surface area contributed by atoms with Gasteiger partial charge in [0, 0.05) is 25.7 Å². The molecule has 2 heterocycles. The van der Waals surface area contributed by atoms with Crippen LogP contribution >= 0.6 is 0 Å². The van der Waals surface area contributed by atoms with Gasteiger partial charge in [-0.25, -0.2) is 12.7 Å². The van der Waals surface area contributed by atoms with Crippen LogP contribution in [-0.2, 0) is 14.8 Å². The van der Waals surface area contributed by atoms with Crippen LogP contribution in [0, 0.1) is 6.92 Å². The minimum atomic E-state index is -3.16. The van der Waals surface area contributed by atoms with E-state index in [2.05, 4.69) is 10.5 Å². The minimum Gasteiger partial charge on any atom is -0.360 e. The fourth-order valence-electron chi connectivity index (χ4n) is 2.25. The Bertz CT molecular complexity index is 598. The Morgan fingerprint density at radius 1 is 1.38 bits per heavy atom. The fraction of sp³-hybridized carbons (Fsp3) is 0.667. The van der Waals surface area contributed by atoms with Crippen molar-refractivity contribution < 1.29 is 17.7 Å². The van der Waals surface area contributed by atoms with Gasteiger partial charge in [0.25, 0.3) is 0 Å². The lowest BCUT2D eigenvalue weighted by Crippen LogP contribution is -2.37. The Kier molecular flexibility index (Phi) is 4.96. The van der Waals surface area contributed by atoms with Gasteiger partial charge in [-0.3, -0.25) is 9.69 Å². The van der Waals surface area contributed by atoms with Gasteiger partial charge in [-0.2, -0.15) is 0 Å². The summed E-state index contributed by atoms with van der Waals surface area (Å²) < 4.78 is 29.4. The lowest BCUT2D eigenvalue weighted by Gasteiger charge is -2.19. The summed E-state index contributed by atoms with van der Waals surface area (Å²) in [5, 5.41) is 6.35. The number of aryl methyl sites for hydroxylation is 1. The SMILES string of the molecule is Cc1cc(NC(=O)CN2CCCN(S(C)(=O)=O)CC2)no1. The van der Waals surface area contributed by atoms with Crippen molar-refractivity contribution >= 4 is 21.7 Å². The van der Waals surface area contributed by atoms with E-state index in [1.807, 2.05) is 4.90 Å². The first-order valence-corrected chi connectivity index (χ1v) is 8.60. The van der Waals surface area contributed by atoms with Crippen molar-refractivity contribution in [1.29, 1.82) is 0 Å². The summed E-state index contributed by atoms with van der Waals surface area (Å²) in [5.41, 5.74) is 0. The van der Waals surface area contributed by atoms with Crippen LogP contribution in [0.4, 0.5) is 5.82 Å². The first-order chi connectivity index (χ1) is 9.84. The van der Waals surface area contributed by atoms with Crippen molar-refractivity contribution in [2.24, 2.45) is 0 Å². The molecule has 9 heteroatoms. The molecule has 0 spiro atoms. The summed E-state index contributed by atoms with van der Waals surface area (Å²) in [6.07, 6.45) is 1.92. The monoisotopic (exact) mass is 316 g/mol. The highest BCUT2D eigenvalue weighted by Gasteiger charge is 2.22. The molecule has 1 N–H and O–H groups in total. The number of nitrogens with one attached hydrogen (secondary N) is 1.